The monoisotopic (exact) mass is 275 g/mol. The van der Waals surface area contributed by atoms with Crippen LogP contribution in [0.3, 0.4) is 0 Å². The molecule has 2 aromatic carbocycles. The predicted octanol–water partition coefficient (Wildman–Crippen LogP) is 3.12. The number of hydrogen-bond acceptors (Lipinski definition) is 2. The predicted molar refractivity (Wildman–Crippen MR) is 72.5 cm³/mol. The highest BCUT2D eigenvalue weighted by Crippen LogP contribution is 2.07. The first-order valence-electron chi connectivity index (χ1n) is 5.75. The third-order valence-corrected chi connectivity index (χ3v) is 2.36. The zero-order valence-corrected chi connectivity index (χ0v) is 10.3. The van der Waals surface area contributed by atoms with Gasteiger partial charge in [-0.05, 0) is 24.3 Å². The molecule has 0 saturated heterocycles. The molecular formula is C14H11F2N3O. The topological polar surface area (TPSA) is 53.5 Å². The lowest BCUT2D eigenvalue weighted by molar-refractivity contribution is 0.252. The molecule has 0 saturated carbocycles. The Balaban J connectivity index is 1.91. The van der Waals surface area contributed by atoms with Gasteiger partial charge < -0.3 is 5.32 Å². The van der Waals surface area contributed by atoms with Crippen molar-refractivity contribution in [1.82, 2.24) is 5.43 Å². The van der Waals surface area contributed by atoms with Crippen molar-refractivity contribution >= 4 is 17.9 Å². The summed E-state index contributed by atoms with van der Waals surface area (Å²) in [5.41, 5.74) is 2.86. The van der Waals surface area contributed by atoms with Gasteiger partial charge in [-0.2, -0.15) is 5.10 Å². The van der Waals surface area contributed by atoms with Gasteiger partial charge in [0.05, 0.1) is 6.21 Å². The number of rotatable bonds is 3. The summed E-state index contributed by atoms with van der Waals surface area (Å²) in [6.45, 7) is 0. The summed E-state index contributed by atoms with van der Waals surface area (Å²) >= 11 is 0. The Kier molecular flexibility index (Phi) is 4.39. The molecule has 2 rings (SSSR count). The van der Waals surface area contributed by atoms with Crippen molar-refractivity contribution in [2.24, 2.45) is 5.10 Å². The van der Waals surface area contributed by atoms with Crippen LogP contribution in [0.25, 0.3) is 0 Å². The number of benzene rings is 2. The van der Waals surface area contributed by atoms with Crippen LogP contribution >= 0.6 is 0 Å². The summed E-state index contributed by atoms with van der Waals surface area (Å²) in [6.07, 6.45) is 1.10. The van der Waals surface area contributed by atoms with Crippen LogP contribution in [0.5, 0.6) is 0 Å². The minimum atomic E-state index is -0.751. The van der Waals surface area contributed by atoms with Gasteiger partial charge in [0.2, 0.25) is 0 Å². The minimum Gasteiger partial charge on any atom is -0.307 e. The number of hydrazone groups is 1. The number of carbonyl (C=O) groups is 1. The van der Waals surface area contributed by atoms with Gasteiger partial charge in [0, 0.05) is 17.3 Å². The molecule has 0 heterocycles. The number of anilines is 1. The maximum atomic E-state index is 13.3. The molecule has 2 N–H and O–H groups in total. The van der Waals surface area contributed by atoms with Crippen molar-refractivity contribution < 1.29 is 13.6 Å². The summed E-state index contributed by atoms with van der Waals surface area (Å²) in [6, 6.07) is 11.3. The Bertz CT molecular complexity index is 630. The van der Waals surface area contributed by atoms with Crippen molar-refractivity contribution in [3.05, 3.63) is 65.7 Å². The van der Waals surface area contributed by atoms with Gasteiger partial charge in [0.25, 0.3) is 0 Å². The van der Waals surface area contributed by atoms with Crippen LogP contribution in [0.1, 0.15) is 5.56 Å². The standard InChI is InChI=1S/C14H11F2N3O/c15-11-7-6-10(13(16)8-11)9-17-19-14(20)18-12-4-2-1-3-5-12/h1-9H,(H2,18,19,20)/b17-9-. The molecule has 0 aliphatic rings. The molecule has 0 aliphatic carbocycles. The highest BCUT2D eigenvalue weighted by atomic mass is 19.1. The van der Waals surface area contributed by atoms with E-state index >= 15 is 0 Å². The Hall–Kier alpha value is -2.76. The maximum Gasteiger partial charge on any atom is 0.339 e. The fraction of sp³-hybridized carbons (Fsp3) is 0. The second-order valence-corrected chi connectivity index (χ2v) is 3.86. The summed E-state index contributed by atoms with van der Waals surface area (Å²) in [7, 11) is 0. The van der Waals surface area contributed by atoms with E-state index in [9.17, 15) is 13.6 Å². The average molecular weight is 275 g/mol. The van der Waals surface area contributed by atoms with E-state index in [1.165, 1.54) is 6.07 Å². The zero-order valence-electron chi connectivity index (χ0n) is 10.3. The fourth-order valence-electron chi connectivity index (χ4n) is 1.45. The second kappa shape index (κ2) is 6.42. The van der Waals surface area contributed by atoms with Crippen molar-refractivity contribution in [3.63, 3.8) is 0 Å². The summed E-state index contributed by atoms with van der Waals surface area (Å²) in [5, 5.41) is 6.11. The second-order valence-electron chi connectivity index (χ2n) is 3.86. The Labute approximate surface area is 114 Å². The molecule has 0 bridgehead atoms. The van der Waals surface area contributed by atoms with Crippen LogP contribution in [0.15, 0.2) is 53.6 Å². The lowest BCUT2D eigenvalue weighted by Crippen LogP contribution is -2.24. The minimum absolute atomic E-state index is 0.0754. The number of nitrogens with one attached hydrogen (secondary N) is 2. The van der Waals surface area contributed by atoms with Gasteiger partial charge in [0.15, 0.2) is 0 Å². The van der Waals surface area contributed by atoms with Crippen molar-refractivity contribution in [1.29, 1.82) is 0 Å². The van der Waals surface area contributed by atoms with Crippen LogP contribution in [-0.4, -0.2) is 12.2 Å². The summed E-state index contributed by atoms with van der Waals surface area (Å²) < 4.78 is 25.9. The van der Waals surface area contributed by atoms with Gasteiger partial charge in [-0.15, -0.1) is 0 Å². The van der Waals surface area contributed by atoms with E-state index < -0.39 is 17.7 Å². The molecule has 0 aliphatic heterocycles. The smallest absolute Gasteiger partial charge is 0.307 e. The SMILES string of the molecule is O=C(N/N=C\c1ccc(F)cc1F)Nc1ccccc1. The molecule has 4 nitrogen and oxygen atoms in total. The quantitative estimate of drug-likeness (QED) is 0.656. The number of halogens is 2. The number of para-hydroxylation sites is 1. The molecule has 20 heavy (non-hydrogen) atoms. The molecule has 0 atom stereocenters. The molecular weight excluding hydrogens is 264 g/mol. The van der Waals surface area contributed by atoms with Crippen LogP contribution in [0.2, 0.25) is 0 Å². The van der Waals surface area contributed by atoms with E-state index in [2.05, 4.69) is 15.8 Å². The molecule has 0 spiro atoms. The molecule has 102 valence electrons. The van der Waals surface area contributed by atoms with Crippen LogP contribution in [0.4, 0.5) is 19.3 Å². The van der Waals surface area contributed by atoms with Gasteiger partial charge in [-0.3, -0.25) is 0 Å². The number of nitrogens with zero attached hydrogens (tertiary/aromatic N) is 1. The maximum absolute atomic E-state index is 13.3. The van der Waals surface area contributed by atoms with E-state index in [0.29, 0.717) is 5.69 Å². The van der Waals surface area contributed by atoms with Crippen molar-refractivity contribution in [3.8, 4) is 0 Å². The number of hydrogen-bond donors (Lipinski definition) is 2. The van der Waals surface area contributed by atoms with E-state index in [4.69, 9.17) is 0 Å². The average Bonchev–Trinajstić information content (AvgIpc) is 2.42. The highest BCUT2D eigenvalue weighted by molar-refractivity contribution is 5.90. The number of carbonyl (C=O) groups excluding carboxylic acids is 1. The van der Waals surface area contributed by atoms with E-state index in [-0.39, 0.29) is 5.56 Å². The molecule has 2 amide bonds. The zero-order chi connectivity index (χ0) is 14.4. The van der Waals surface area contributed by atoms with E-state index in [1.54, 1.807) is 24.3 Å². The third-order valence-electron chi connectivity index (χ3n) is 2.36. The van der Waals surface area contributed by atoms with E-state index in [0.717, 1.165) is 18.3 Å². The Morgan fingerprint density at radius 3 is 2.55 bits per heavy atom. The highest BCUT2D eigenvalue weighted by Gasteiger charge is 2.02. The van der Waals surface area contributed by atoms with Gasteiger partial charge in [0.1, 0.15) is 11.6 Å². The summed E-state index contributed by atoms with van der Waals surface area (Å²) in [4.78, 5) is 11.5. The number of urea groups is 1. The fourth-order valence-corrected chi connectivity index (χ4v) is 1.45. The molecule has 0 unspecified atom stereocenters. The first-order chi connectivity index (χ1) is 9.65. The largest absolute Gasteiger partial charge is 0.339 e. The summed E-state index contributed by atoms with van der Waals surface area (Å²) in [5.74, 6) is -1.42. The number of amides is 2. The van der Waals surface area contributed by atoms with Crippen LogP contribution < -0.4 is 10.7 Å². The lowest BCUT2D eigenvalue weighted by atomic mass is 10.2. The van der Waals surface area contributed by atoms with Crippen LogP contribution in [-0.2, 0) is 0 Å². The van der Waals surface area contributed by atoms with Gasteiger partial charge in [-0.25, -0.2) is 19.0 Å². The first kappa shape index (κ1) is 13.7. The van der Waals surface area contributed by atoms with Gasteiger partial charge >= 0.3 is 6.03 Å². The normalized spacial score (nSPS) is 10.5. The van der Waals surface area contributed by atoms with Crippen LogP contribution in [0, 0.1) is 11.6 Å². The lowest BCUT2D eigenvalue weighted by Gasteiger charge is -2.03. The molecule has 0 aromatic heterocycles. The van der Waals surface area contributed by atoms with E-state index in [1.807, 2.05) is 6.07 Å². The molecule has 0 radical (unpaired) electrons. The van der Waals surface area contributed by atoms with Crippen molar-refractivity contribution in [2.45, 2.75) is 0 Å². The van der Waals surface area contributed by atoms with Gasteiger partial charge in [-0.1, -0.05) is 18.2 Å². The van der Waals surface area contributed by atoms with Crippen molar-refractivity contribution in [2.75, 3.05) is 5.32 Å². The third kappa shape index (κ3) is 3.88. The molecule has 2 aromatic rings. The molecule has 6 heteroatoms. The molecule has 0 fully saturated rings. The Morgan fingerprint density at radius 1 is 1.10 bits per heavy atom. The Morgan fingerprint density at radius 2 is 1.85 bits per heavy atom. The first-order valence-corrected chi connectivity index (χ1v) is 5.75.